The molecule has 1 aliphatic heterocycles. The molecule has 1 unspecified atom stereocenters. The Morgan fingerprint density at radius 3 is 2.77 bits per heavy atom. The van der Waals surface area contributed by atoms with Gasteiger partial charge in [-0.1, -0.05) is 6.07 Å². The number of rotatable bonds is 3. The Balaban J connectivity index is 1.66. The van der Waals surface area contributed by atoms with Gasteiger partial charge in [-0.3, -0.25) is 14.8 Å². The number of carbonyl (C=O) groups is 1. The molecule has 1 amide bonds. The molecule has 0 saturated heterocycles. The molecule has 5 heterocycles. The van der Waals surface area contributed by atoms with Gasteiger partial charge >= 0.3 is 5.69 Å². The highest BCUT2D eigenvalue weighted by Gasteiger charge is 2.27. The van der Waals surface area contributed by atoms with Crippen LogP contribution >= 0.6 is 0 Å². The summed E-state index contributed by atoms with van der Waals surface area (Å²) in [6.07, 6.45) is 3.36. The average Bonchev–Trinajstić information content (AvgIpc) is 3.03. The number of aromatic nitrogens is 5. The van der Waals surface area contributed by atoms with Gasteiger partial charge in [-0.25, -0.2) is 19.3 Å². The summed E-state index contributed by atoms with van der Waals surface area (Å²) < 4.78 is 1.47. The van der Waals surface area contributed by atoms with E-state index >= 15 is 0 Å². The number of anilines is 1. The Labute approximate surface area is 171 Å². The summed E-state index contributed by atoms with van der Waals surface area (Å²) in [5.41, 5.74) is 2.10. The number of hydrogen-bond acceptors (Lipinski definition) is 6. The summed E-state index contributed by atoms with van der Waals surface area (Å²) in [5, 5.41) is 2.98. The van der Waals surface area contributed by atoms with E-state index < -0.39 is 0 Å². The second-order valence-corrected chi connectivity index (χ2v) is 7.25. The van der Waals surface area contributed by atoms with Crippen molar-refractivity contribution in [3.63, 3.8) is 0 Å². The Morgan fingerprint density at radius 1 is 1.07 bits per heavy atom. The minimum Gasteiger partial charge on any atom is -0.348 e. The number of nitrogens with one attached hydrogen (secondary N) is 2. The summed E-state index contributed by atoms with van der Waals surface area (Å²) in [4.78, 5) is 43.4. The third kappa shape index (κ3) is 3.10. The van der Waals surface area contributed by atoms with Gasteiger partial charge in [0.25, 0.3) is 5.91 Å². The normalized spacial score (nSPS) is 16.2. The van der Waals surface area contributed by atoms with E-state index in [0.29, 0.717) is 41.5 Å². The molecule has 150 valence electrons. The van der Waals surface area contributed by atoms with Gasteiger partial charge in [0.15, 0.2) is 5.65 Å². The minimum absolute atomic E-state index is 0.0705. The Bertz CT molecular complexity index is 1300. The lowest BCUT2D eigenvalue weighted by Gasteiger charge is -2.25. The molecular weight excluding hydrogens is 382 g/mol. The Hall–Kier alpha value is -4.01. The molecule has 2 N–H and O–H groups in total. The summed E-state index contributed by atoms with van der Waals surface area (Å²) >= 11 is 0. The molecule has 0 aromatic carbocycles. The van der Waals surface area contributed by atoms with Crippen LogP contribution in [0, 0.1) is 0 Å². The van der Waals surface area contributed by atoms with Gasteiger partial charge in [-0.05, 0) is 43.3 Å². The Kier molecular flexibility index (Phi) is 4.27. The third-order valence-corrected chi connectivity index (χ3v) is 5.04. The summed E-state index contributed by atoms with van der Waals surface area (Å²) in [5.74, 6) is 0.754. The second kappa shape index (κ2) is 7.11. The number of nitrogens with zero attached hydrogens (tertiary/aromatic N) is 5. The molecule has 4 aromatic heterocycles. The van der Waals surface area contributed by atoms with E-state index in [1.807, 2.05) is 30.0 Å². The van der Waals surface area contributed by atoms with Crippen molar-refractivity contribution >= 4 is 22.9 Å². The van der Waals surface area contributed by atoms with E-state index in [2.05, 4.69) is 20.3 Å². The van der Waals surface area contributed by atoms with Gasteiger partial charge in [0.05, 0.1) is 23.3 Å². The maximum atomic E-state index is 12.7. The van der Waals surface area contributed by atoms with Gasteiger partial charge in [-0.15, -0.1) is 0 Å². The second-order valence-electron chi connectivity index (χ2n) is 7.25. The van der Waals surface area contributed by atoms with Crippen molar-refractivity contribution in [2.45, 2.75) is 19.5 Å². The standard InChI is InChI=1S/C21H19N7O2/c1-13-11-27(12-14-5-2-3-9-22-14)19-15(20(29)24-13)7-8-17(25-19)28-16-6-4-10-23-18(16)26-21(28)30/h2-10,13H,11-12H2,1H3,(H,24,29)(H,23,26,30). The van der Waals surface area contributed by atoms with Crippen LogP contribution in [-0.2, 0) is 6.54 Å². The molecule has 5 rings (SSSR count). The van der Waals surface area contributed by atoms with Crippen molar-refractivity contribution in [3.8, 4) is 5.82 Å². The van der Waals surface area contributed by atoms with E-state index in [1.54, 1.807) is 36.7 Å². The fraction of sp³-hybridized carbons (Fsp3) is 0.190. The number of fused-ring (bicyclic) bond motifs is 2. The number of aromatic amines is 1. The zero-order valence-corrected chi connectivity index (χ0v) is 16.2. The number of H-pyrrole nitrogens is 1. The van der Waals surface area contributed by atoms with Crippen LogP contribution in [0.3, 0.4) is 0 Å². The highest BCUT2D eigenvalue weighted by molar-refractivity contribution is 6.00. The molecule has 0 saturated carbocycles. The van der Waals surface area contributed by atoms with Gasteiger partial charge < -0.3 is 10.2 Å². The van der Waals surface area contributed by atoms with Crippen LogP contribution in [0.25, 0.3) is 17.0 Å². The summed E-state index contributed by atoms with van der Waals surface area (Å²) in [6, 6.07) is 12.6. The lowest BCUT2D eigenvalue weighted by molar-refractivity contribution is 0.0945. The predicted molar refractivity (Wildman–Crippen MR) is 112 cm³/mol. The maximum absolute atomic E-state index is 12.7. The molecule has 1 aliphatic rings. The van der Waals surface area contributed by atoms with Crippen molar-refractivity contribution < 1.29 is 4.79 Å². The minimum atomic E-state index is -0.334. The van der Waals surface area contributed by atoms with Gasteiger partial charge in [0, 0.05) is 25.0 Å². The Morgan fingerprint density at radius 2 is 1.93 bits per heavy atom. The summed E-state index contributed by atoms with van der Waals surface area (Å²) in [7, 11) is 0. The van der Waals surface area contributed by atoms with Crippen LogP contribution in [0.2, 0.25) is 0 Å². The number of pyridine rings is 3. The van der Waals surface area contributed by atoms with Crippen LogP contribution in [0.5, 0.6) is 0 Å². The zero-order chi connectivity index (χ0) is 20.7. The molecule has 0 aliphatic carbocycles. The SMILES string of the molecule is CC1CN(Cc2ccccn2)c2nc(-n3c(=O)[nH]c4ncccc43)ccc2C(=O)N1. The lowest BCUT2D eigenvalue weighted by atomic mass is 10.2. The van der Waals surface area contributed by atoms with Crippen LogP contribution in [0.1, 0.15) is 23.0 Å². The van der Waals surface area contributed by atoms with Crippen LogP contribution in [0.4, 0.5) is 5.82 Å². The van der Waals surface area contributed by atoms with Crippen molar-refractivity contribution in [3.05, 3.63) is 76.6 Å². The van der Waals surface area contributed by atoms with Gasteiger partial charge in [0.1, 0.15) is 11.6 Å². The first-order chi connectivity index (χ1) is 14.6. The maximum Gasteiger partial charge on any atom is 0.333 e. The molecule has 4 aromatic rings. The number of imidazole rings is 1. The molecular formula is C21H19N7O2. The smallest absolute Gasteiger partial charge is 0.333 e. The molecule has 0 fully saturated rings. The molecule has 30 heavy (non-hydrogen) atoms. The largest absolute Gasteiger partial charge is 0.348 e. The van der Waals surface area contributed by atoms with Gasteiger partial charge in [0.2, 0.25) is 0 Å². The lowest BCUT2D eigenvalue weighted by Crippen LogP contribution is -2.38. The zero-order valence-electron chi connectivity index (χ0n) is 16.2. The monoisotopic (exact) mass is 401 g/mol. The molecule has 9 nitrogen and oxygen atoms in total. The van der Waals surface area contributed by atoms with E-state index in [1.165, 1.54) is 4.57 Å². The van der Waals surface area contributed by atoms with Crippen molar-refractivity contribution in [1.82, 2.24) is 29.8 Å². The van der Waals surface area contributed by atoms with E-state index in [4.69, 9.17) is 4.98 Å². The van der Waals surface area contributed by atoms with E-state index in [9.17, 15) is 9.59 Å². The van der Waals surface area contributed by atoms with E-state index in [0.717, 1.165) is 5.69 Å². The molecule has 0 radical (unpaired) electrons. The fourth-order valence-corrected chi connectivity index (χ4v) is 3.74. The molecule has 0 spiro atoms. The van der Waals surface area contributed by atoms with Crippen LogP contribution in [-0.4, -0.2) is 43.0 Å². The quantitative estimate of drug-likeness (QED) is 0.540. The van der Waals surface area contributed by atoms with Crippen LogP contribution < -0.4 is 15.9 Å². The van der Waals surface area contributed by atoms with Crippen molar-refractivity contribution in [2.24, 2.45) is 0 Å². The molecule has 1 atom stereocenters. The van der Waals surface area contributed by atoms with Gasteiger partial charge in [-0.2, -0.15) is 0 Å². The highest BCUT2D eigenvalue weighted by atomic mass is 16.2. The molecule has 9 heteroatoms. The van der Waals surface area contributed by atoms with Crippen molar-refractivity contribution in [1.29, 1.82) is 0 Å². The number of hydrogen-bond donors (Lipinski definition) is 2. The highest BCUT2D eigenvalue weighted by Crippen LogP contribution is 2.25. The molecule has 0 bridgehead atoms. The fourth-order valence-electron chi connectivity index (χ4n) is 3.74. The number of carbonyl (C=O) groups excluding carboxylic acids is 1. The number of amides is 1. The van der Waals surface area contributed by atoms with Crippen molar-refractivity contribution in [2.75, 3.05) is 11.4 Å². The summed E-state index contributed by atoms with van der Waals surface area (Å²) in [6.45, 7) is 3.01. The van der Waals surface area contributed by atoms with Crippen LogP contribution in [0.15, 0.2) is 59.7 Å². The van der Waals surface area contributed by atoms with E-state index in [-0.39, 0.29) is 17.6 Å². The topological polar surface area (TPSA) is 109 Å². The first-order valence-corrected chi connectivity index (χ1v) is 9.63. The first-order valence-electron chi connectivity index (χ1n) is 9.63. The average molecular weight is 401 g/mol. The third-order valence-electron chi connectivity index (χ3n) is 5.04. The first kappa shape index (κ1) is 18.0. The predicted octanol–water partition coefficient (Wildman–Crippen LogP) is 1.64.